The fraction of sp³-hybridized carbons (Fsp3) is 0.643. The number of hydrogen-bond donors (Lipinski definition) is 1. The third-order valence-electron chi connectivity index (χ3n) is 3.69. The molecule has 1 saturated heterocycles. The van der Waals surface area contributed by atoms with Crippen LogP contribution in [0.25, 0.3) is 0 Å². The minimum Gasteiger partial charge on any atom is -0.353 e. The number of hydrogen-bond acceptors (Lipinski definition) is 3. The topological polar surface area (TPSA) is 28.2 Å². The van der Waals surface area contributed by atoms with Gasteiger partial charge in [0.05, 0.1) is 4.47 Å². The number of halogens is 1. The number of nitrogens with zero attached hydrogens (tertiary/aromatic N) is 2. The first-order valence-electron chi connectivity index (χ1n) is 6.76. The molecule has 1 aliphatic rings. The number of piperidine rings is 1. The molecule has 0 aromatic carbocycles. The molecule has 1 atom stereocenters. The van der Waals surface area contributed by atoms with Gasteiger partial charge in [-0.1, -0.05) is 0 Å². The van der Waals surface area contributed by atoms with Crippen LogP contribution in [0, 0.1) is 6.92 Å². The number of pyridine rings is 1. The summed E-state index contributed by atoms with van der Waals surface area (Å²) in [6.45, 7) is 4.33. The van der Waals surface area contributed by atoms with E-state index in [0.29, 0.717) is 6.04 Å². The normalized spacial score (nSPS) is 20.2. The smallest absolute Gasteiger partial charge is 0.143 e. The molecule has 1 aromatic heterocycles. The number of nitrogens with one attached hydrogen (secondary N) is 1. The second kappa shape index (κ2) is 6.53. The van der Waals surface area contributed by atoms with Crippen LogP contribution in [0.15, 0.2) is 16.7 Å². The van der Waals surface area contributed by atoms with Crippen LogP contribution in [0.5, 0.6) is 0 Å². The molecule has 0 amide bonds. The Bertz CT molecular complexity index is 395. The van der Waals surface area contributed by atoms with Crippen LogP contribution in [0.4, 0.5) is 5.82 Å². The molecule has 18 heavy (non-hydrogen) atoms. The summed E-state index contributed by atoms with van der Waals surface area (Å²) in [5, 5.41) is 3.25. The molecule has 1 aromatic rings. The predicted octanol–water partition coefficient (Wildman–Crippen LogP) is 3.12. The fourth-order valence-electron chi connectivity index (χ4n) is 2.62. The third kappa shape index (κ3) is 3.04. The lowest BCUT2D eigenvalue weighted by Crippen LogP contribution is -2.41. The van der Waals surface area contributed by atoms with Crippen molar-refractivity contribution >= 4 is 21.7 Å². The zero-order chi connectivity index (χ0) is 13.0. The summed E-state index contributed by atoms with van der Waals surface area (Å²) in [6, 6.07) is 2.68. The Kier molecular flexibility index (Phi) is 5.01. The molecule has 4 heteroatoms. The van der Waals surface area contributed by atoms with Crippen LogP contribution in [0.3, 0.4) is 0 Å². The molecule has 1 aliphatic heterocycles. The van der Waals surface area contributed by atoms with Gasteiger partial charge in [0.15, 0.2) is 0 Å². The zero-order valence-corrected chi connectivity index (χ0v) is 12.8. The van der Waals surface area contributed by atoms with E-state index >= 15 is 0 Å². The Morgan fingerprint density at radius 2 is 2.33 bits per heavy atom. The molecule has 0 saturated carbocycles. The summed E-state index contributed by atoms with van der Waals surface area (Å²) in [7, 11) is 2.02. The van der Waals surface area contributed by atoms with Gasteiger partial charge in [-0.15, -0.1) is 0 Å². The van der Waals surface area contributed by atoms with Crippen molar-refractivity contribution in [1.29, 1.82) is 0 Å². The first kappa shape index (κ1) is 13.8. The molecular formula is C14H22BrN3. The molecule has 1 unspecified atom stereocenters. The molecule has 2 rings (SSSR count). The maximum absolute atomic E-state index is 4.58. The molecule has 0 spiro atoms. The largest absolute Gasteiger partial charge is 0.353 e. The van der Waals surface area contributed by atoms with Gasteiger partial charge in [-0.25, -0.2) is 4.98 Å². The van der Waals surface area contributed by atoms with Gasteiger partial charge in [0.2, 0.25) is 0 Å². The van der Waals surface area contributed by atoms with Crippen molar-refractivity contribution in [3.8, 4) is 0 Å². The van der Waals surface area contributed by atoms with Gasteiger partial charge in [-0.3, -0.25) is 0 Å². The van der Waals surface area contributed by atoms with E-state index in [-0.39, 0.29) is 0 Å². The lowest BCUT2D eigenvalue weighted by molar-refractivity contribution is 0.430. The number of anilines is 1. The van der Waals surface area contributed by atoms with E-state index in [4.69, 9.17) is 0 Å². The molecule has 100 valence electrons. The van der Waals surface area contributed by atoms with Crippen LogP contribution >= 0.6 is 15.9 Å². The third-order valence-corrected chi connectivity index (χ3v) is 4.67. The van der Waals surface area contributed by atoms with Crippen LogP contribution in [0.2, 0.25) is 0 Å². The fourth-order valence-corrected chi connectivity index (χ4v) is 3.08. The van der Waals surface area contributed by atoms with E-state index in [9.17, 15) is 0 Å². The van der Waals surface area contributed by atoms with E-state index in [0.717, 1.165) is 23.4 Å². The highest BCUT2D eigenvalue weighted by Gasteiger charge is 2.24. The maximum atomic E-state index is 4.58. The monoisotopic (exact) mass is 311 g/mol. The van der Waals surface area contributed by atoms with Crippen LogP contribution < -0.4 is 10.2 Å². The Labute approximate surface area is 118 Å². The van der Waals surface area contributed by atoms with Gasteiger partial charge in [0.1, 0.15) is 5.82 Å². The molecule has 3 nitrogen and oxygen atoms in total. The van der Waals surface area contributed by atoms with E-state index in [1.54, 1.807) is 0 Å². The van der Waals surface area contributed by atoms with Crippen molar-refractivity contribution in [3.05, 3.63) is 22.3 Å². The van der Waals surface area contributed by atoms with Gasteiger partial charge in [0, 0.05) is 18.8 Å². The highest BCUT2D eigenvalue weighted by Crippen LogP contribution is 2.32. The Hall–Kier alpha value is -0.610. The lowest BCUT2D eigenvalue weighted by Gasteiger charge is -2.37. The van der Waals surface area contributed by atoms with Crippen molar-refractivity contribution in [3.63, 3.8) is 0 Å². The molecule has 0 aliphatic carbocycles. The van der Waals surface area contributed by atoms with Gasteiger partial charge in [-0.2, -0.15) is 0 Å². The molecule has 2 heterocycles. The van der Waals surface area contributed by atoms with E-state index < -0.39 is 0 Å². The highest BCUT2D eigenvalue weighted by atomic mass is 79.9. The summed E-state index contributed by atoms with van der Waals surface area (Å²) in [4.78, 5) is 7.06. The summed E-state index contributed by atoms with van der Waals surface area (Å²) in [5.41, 5.74) is 1.26. The maximum Gasteiger partial charge on any atom is 0.143 e. The van der Waals surface area contributed by atoms with Gasteiger partial charge >= 0.3 is 0 Å². The standard InChI is InChI=1S/C14H22BrN3/c1-11-6-9-17-14(13(11)15)18-10-4-3-5-12(18)7-8-16-2/h6,9,12,16H,3-5,7-8,10H2,1-2H3. The summed E-state index contributed by atoms with van der Waals surface area (Å²) in [6.07, 6.45) is 7.01. The van der Waals surface area contributed by atoms with Crippen LogP contribution in [0.1, 0.15) is 31.2 Å². The van der Waals surface area contributed by atoms with E-state index in [2.05, 4.69) is 44.1 Å². The number of rotatable bonds is 4. The average Bonchev–Trinajstić information content (AvgIpc) is 2.40. The van der Waals surface area contributed by atoms with Crippen molar-refractivity contribution in [1.82, 2.24) is 10.3 Å². The second-order valence-electron chi connectivity index (χ2n) is 5.00. The summed E-state index contributed by atoms with van der Waals surface area (Å²) < 4.78 is 1.15. The van der Waals surface area contributed by atoms with Gasteiger partial charge < -0.3 is 10.2 Å². The minimum atomic E-state index is 0.622. The highest BCUT2D eigenvalue weighted by molar-refractivity contribution is 9.10. The molecule has 1 fully saturated rings. The molecule has 0 radical (unpaired) electrons. The Morgan fingerprint density at radius 1 is 1.50 bits per heavy atom. The van der Waals surface area contributed by atoms with Crippen LogP contribution in [-0.2, 0) is 0 Å². The van der Waals surface area contributed by atoms with E-state index in [1.165, 1.54) is 31.2 Å². The van der Waals surface area contributed by atoms with Crippen molar-refractivity contribution in [2.24, 2.45) is 0 Å². The van der Waals surface area contributed by atoms with Gasteiger partial charge in [-0.05, 0) is 73.8 Å². The quantitative estimate of drug-likeness (QED) is 0.926. The number of aryl methyl sites for hydroxylation is 1. The summed E-state index contributed by atoms with van der Waals surface area (Å²) in [5.74, 6) is 1.12. The molecule has 1 N–H and O–H groups in total. The van der Waals surface area contributed by atoms with Crippen molar-refractivity contribution < 1.29 is 0 Å². The predicted molar refractivity (Wildman–Crippen MR) is 80.2 cm³/mol. The van der Waals surface area contributed by atoms with Crippen molar-refractivity contribution in [2.45, 2.75) is 38.6 Å². The number of aromatic nitrogens is 1. The first-order valence-corrected chi connectivity index (χ1v) is 7.55. The van der Waals surface area contributed by atoms with Crippen molar-refractivity contribution in [2.75, 3.05) is 25.0 Å². The SMILES string of the molecule is CNCCC1CCCCN1c1nccc(C)c1Br. The Balaban J connectivity index is 2.19. The van der Waals surface area contributed by atoms with Crippen LogP contribution in [-0.4, -0.2) is 31.2 Å². The van der Waals surface area contributed by atoms with Gasteiger partial charge in [0.25, 0.3) is 0 Å². The Morgan fingerprint density at radius 3 is 3.11 bits per heavy atom. The summed E-state index contributed by atoms with van der Waals surface area (Å²) >= 11 is 3.69. The van der Waals surface area contributed by atoms with E-state index in [1.807, 2.05) is 13.2 Å². The lowest BCUT2D eigenvalue weighted by atomic mass is 9.99. The zero-order valence-electron chi connectivity index (χ0n) is 11.2. The second-order valence-corrected chi connectivity index (χ2v) is 5.79. The average molecular weight is 312 g/mol. The molecular weight excluding hydrogens is 290 g/mol. The minimum absolute atomic E-state index is 0.622. The first-order chi connectivity index (χ1) is 8.74. The molecule has 0 bridgehead atoms.